The van der Waals surface area contributed by atoms with Crippen LogP contribution in [0.25, 0.3) is 10.8 Å². The van der Waals surface area contributed by atoms with Crippen LogP contribution in [0.1, 0.15) is 10.6 Å². The Labute approximate surface area is 146 Å². The largest absolute Gasteiger partial charge is 0.459 e. The zero-order chi connectivity index (χ0) is 18.5. The van der Waals surface area contributed by atoms with Crippen molar-refractivity contribution in [2.24, 2.45) is 0 Å². The molecule has 1 aromatic carbocycles. The molecule has 0 fully saturated rings. The summed E-state index contributed by atoms with van der Waals surface area (Å²) in [6.07, 6.45) is 1.39. The first kappa shape index (κ1) is 17.2. The smallest absolute Gasteiger partial charge is 0.287 e. The van der Waals surface area contributed by atoms with Crippen molar-refractivity contribution < 1.29 is 14.0 Å². The number of amides is 2. The van der Waals surface area contributed by atoms with Gasteiger partial charge in [-0.05, 0) is 24.3 Å². The number of aromatic amines is 1. The third-order valence-corrected chi connectivity index (χ3v) is 3.66. The molecule has 0 unspecified atom stereocenters. The highest BCUT2D eigenvalue weighted by Gasteiger charge is 2.10. The van der Waals surface area contributed by atoms with E-state index in [9.17, 15) is 19.2 Å². The second kappa shape index (κ2) is 7.51. The number of rotatable bonds is 6. The molecule has 0 aliphatic rings. The Bertz CT molecular complexity index is 1050. The first-order valence-electron chi connectivity index (χ1n) is 7.86. The van der Waals surface area contributed by atoms with Gasteiger partial charge in [0.05, 0.1) is 17.0 Å². The number of hydrogen-bond donors (Lipinski definition) is 3. The molecule has 2 aromatic heterocycles. The molecule has 0 spiro atoms. The van der Waals surface area contributed by atoms with Crippen molar-refractivity contribution in [3.05, 3.63) is 69.1 Å². The molecule has 3 rings (SSSR count). The van der Waals surface area contributed by atoms with Gasteiger partial charge >= 0.3 is 0 Å². The van der Waals surface area contributed by atoms with Gasteiger partial charge in [-0.2, -0.15) is 0 Å². The third kappa shape index (κ3) is 3.72. The Morgan fingerprint density at radius 1 is 1.00 bits per heavy atom. The standard InChI is InChI=1S/C17H16N4O5/c22-14(18-7-8-19-16(24)13-6-3-9-26-13)10-21-17(25)12-5-2-1-4-11(12)15(23)20-21/h1-6,9H,7-8,10H2,(H,18,22)(H,19,24)(H,20,23). The van der Waals surface area contributed by atoms with Crippen molar-refractivity contribution in [2.75, 3.05) is 13.1 Å². The van der Waals surface area contributed by atoms with Gasteiger partial charge < -0.3 is 15.1 Å². The molecule has 2 heterocycles. The van der Waals surface area contributed by atoms with E-state index in [0.29, 0.717) is 0 Å². The molecule has 0 saturated heterocycles. The van der Waals surface area contributed by atoms with E-state index in [1.54, 1.807) is 24.3 Å². The highest BCUT2D eigenvalue weighted by Crippen LogP contribution is 2.02. The fourth-order valence-corrected chi connectivity index (χ4v) is 2.43. The topological polar surface area (TPSA) is 126 Å². The number of H-pyrrole nitrogens is 1. The maximum absolute atomic E-state index is 12.3. The van der Waals surface area contributed by atoms with Crippen LogP contribution < -0.4 is 21.8 Å². The van der Waals surface area contributed by atoms with Crippen LogP contribution >= 0.6 is 0 Å². The fourth-order valence-electron chi connectivity index (χ4n) is 2.43. The molecule has 3 N–H and O–H groups in total. The molecule has 2 amide bonds. The van der Waals surface area contributed by atoms with E-state index in [0.717, 1.165) is 4.68 Å². The van der Waals surface area contributed by atoms with Crippen molar-refractivity contribution in [2.45, 2.75) is 6.54 Å². The van der Waals surface area contributed by atoms with Crippen molar-refractivity contribution >= 4 is 22.6 Å². The minimum Gasteiger partial charge on any atom is -0.459 e. The van der Waals surface area contributed by atoms with Crippen LogP contribution in [0.5, 0.6) is 0 Å². The van der Waals surface area contributed by atoms with Crippen LogP contribution in [0.15, 0.2) is 56.7 Å². The van der Waals surface area contributed by atoms with Gasteiger partial charge in [-0.1, -0.05) is 12.1 Å². The lowest BCUT2D eigenvalue weighted by atomic mass is 10.2. The van der Waals surface area contributed by atoms with Gasteiger partial charge in [0.15, 0.2) is 5.76 Å². The monoisotopic (exact) mass is 356 g/mol. The van der Waals surface area contributed by atoms with E-state index in [1.807, 2.05) is 0 Å². The van der Waals surface area contributed by atoms with Crippen LogP contribution in [0.3, 0.4) is 0 Å². The SMILES string of the molecule is O=C(Cn1[nH]c(=O)c2ccccc2c1=O)NCCNC(=O)c1ccco1. The summed E-state index contributed by atoms with van der Waals surface area (Å²) in [5.41, 5.74) is -0.903. The first-order chi connectivity index (χ1) is 12.6. The predicted molar refractivity (Wildman–Crippen MR) is 92.9 cm³/mol. The number of furan rings is 1. The van der Waals surface area contributed by atoms with Crippen LogP contribution in [0.4, 0.5) is 0 Å². The molecule has 26 heavy (non-hydrogen) atoms. The Hall–Kier alpha value is -3.62. The van der Waals surface area contributed by atoms with Crippen LogP contribution in [-0.2, 0) is 11.3 Å². The lowest BCUT2D eigenvalue weighted by Gasteiger charge is -2.08. The number of nitrogens with zero attached hydrogens (tertiary/aromatic N) is 1. The molecular formula is C17H16N4O5. The minimum atomic E-state index is -0.467. The van der Waals surface area contributed by atoms with Crippen molar-refractivity contribution in [1.82, 2.24) is 20.4 Å². The van der Waals surface area contributed by atoms with Crippen LogP contribution in [0, 0.1) is 0 Å². The van der Waals surface area contributed by atoms with Gasteiger partial charge in [-0.3, -0.25) is 24.3 Å². The Balaban J connectivity index is 1.56. The molecular weight excluding hydrogens is 340 g/mol. The molecule has 0 aliphatic heterocycles. The molecule has 3 aromatic rings. The highest BCUT2D eigenvalue weighted by atomic mass is 16.3. The maximum Gasteiger partial charge on any atom is 0.287 e. The molecule has 0 saturated carbocycles. The molecule has 0 aliphatic carbocycles. The van der Waals surface area contributed by atoms with E-state index < -0.39 is 17.0 Å². The number of benzene rings is 1. The molecule has 9 heteroatoms. The van der Waals surface area contributed by atoms with Gasteiger partial charge in [0, 0.05) is 13.1 Å². The molecule has 0 radical (unpaired) electrons. The number of fused-ring (bicyclic) bond motifs is 1. The first-order valence-corrected chi connectivity index (χ1v) is 7.86. The van der Waals surface area contributed by atoms with E-state index >= 15 is 0 Å². The lowest BCUT2D eigenvalue weighted by Crippen LogP contribution is -2.39. The average Bonchev–Trinajstić information content (AvgIpc) is 3.18. The summed E-state index contributed by atoms with van der Waals surface area (Å²) in [5.74, 6) is -0.679. The summed E-state index contributed by atoms with van der Waals surface area (Å²) in [6, 6.07) is 9.50. The van der Waals surface area contributed by atoms with Gasteiger partial charge in [0.25, 0.3) is 17.0 Å². The van der Waals surface area contributed by atoms with E-state index in [-0.39, 0.29) is 42.1 Å². The lowest BCUT2D eigenvalue weighted by molar-refractivity contribution is -0.121. The van der Waals surface area contributed by atoms with Gasteiger partial charge in [0.2, 0.25) is 5.91 Å². The maximum atomic E-state index is 12.3. The highest BCUT2D eigenvalue weighted by molar-refractivity contribution is 5.91. The van der Waals surface area contributed by atoms with E-state index in [2.05, 4.69) is 15.7 Å². The van der Waals surface area contributed by atoms with Crippen LogP contribution in [0.2, 0.25) is 0 Å². The molecule has 0 bridgehead atoms. The number of hydrogen-bond acceptors (Lipinski definition) is 5. The van der Waals surface area contributed by atoms with Gasteiger partial charge in [-0.15, -0.1) is 0 Å². The minimum absolute atomic E-state index is 0.165. The van der Waals surface area contributed by atoms with Crippen molar-refractivity contribution in [1.29, 1.82) is 0 Å². The summed E-state index contributed by atoms with van der Waals surface area (Å²) in [4.78, 5) is 47.9. The molecule has 9 nitrogen and oxygen atoms in total. The van der Waals surface area contributed by atoms with E-state index in [4.69, 9.17) is 4.42 Å². The zero-order valence-electron chi connectivity index (χ0n) is 13.7. The fraction of sp³-hybridized carbons (Fsp3) is 0.176. The Kier molecular flexibility index (Phi) is 4.97. The number of carbonyl (C=O) groups excluding carboxylic acids is 2. The zero-order valence-corrected chi connectivity index (χ0v) is 13.7. The summed E-state index contributed by atoms with van der Waals surface area (Å²) in [5, 5.41) is 8.04. The Morgan fingerprint density at radius 3 is 2.46 bits per heavy atom. The summed E-state index contributed by atoms with van der Waals surface area (Å²) in [6.45, 7) is 0.0251. The summed E-state index contributed by atoms with van der Waals surface area (Å²) < 4.78 is 5.90. The predicted octanol–water partition coefficient (Wildman–Crippen LogP) is -0.171. The summed E-state index contributed by atoms with van der Waals surface area (Å²) >= 11 is 0. The third-order valence-electron chi connectivity index (χ3n) is 3.66. The second-order valence-corrected chi connectivity index (χ2v) is 5.46. The van der Waals surface area contributed by atoms with Gasteiger partial charge in [0.1, 0.15) is 6.54 Å². The van der Waals surface area contributed by atoms with Crippen molar-refractivity contribution in [3.63, 3.8) is 0 Å². The van der Waals surface area contributed by atoms with Crippen LogP contribution in [-0.4, -0.2) is 34.7 Å². The molecule has 0 atom stereocenters. The normalized spacial score (nSPS) is 10.6. The van der Waals surface area contributed by atoms with Gasteiger partial charge in [-0.25, -0.2) is 4.68 Å². The quantitative estimate of drug-likeness (QED) is 0.529. The number of nitrogens with one attached hydrogen (secondary N) is 3. The summed E-state index contributed by atoms with van der Waals surface area (Å²) in [7, 11) is 0. The molecule has 134 valence electrons. The second-order valence-electron chi connectivity index (χ2n) is 5.46. The van der Waals surface area contributed by atoms with Crippen molar-refractivity contribution in [3.8, 4) is 0 Å². The number of carbonyl (C=O) groups is 2. The number of aromatic nitrogens is 2. The average molecular weight is 356 g/mol. The Morgan fingerprint density at radius 2 is 1.73 bits per heavy atom. The van der Waals surface area contributed by atoms with E-state index in [1.165, 1.54) is 18.4 Å².